The number of carboxylic acids is 1. The Morgan fingerprint density at radius 3 is 2.62 bits per heavy atom. The van der Waals surface area contributed by atoms with Crippen molar-refractivity contribution in [3.8, 4) is 0 Å². The number of carbonyl (C=O) groups is 2. The number of carbonyl (C=O) groups excluding carboxylic acids is 1. The molecule has 0 aromatic rings. The number of amides is 1. The molecule has 5 nitrogen and oxygen atoms in total. The number of carboxylic acid groups (broad SMARTS) is 1. The highest BCUT2D eigenvalue weighted by atomic mass is 16.5. The van der Waals surface area contributed by atoms with Crippen molar-refractivity contribution in [2.75, 3.05) is 26.8 Å². The van der Waals surface area contributed by atoms with Gasteiger partial charge in [0.25, 0.3) is 0 Å². The van der Waals surface area contributed by atoms with E-state index in [1.807, 2.05) is 0 Å². The summed E-state index contributed by atoms with van der Waals surface area (Å²) in [6, 6.07) is 0. The van der Waals surface area contributed by atoms with Crippen LogP contribution in [0.2, 0.25) is 0 Å². The number of hydrogen-bond acceptors (Lipinski definition) is 3. The first-order valence-corrected chi connectivity index (χ1v) is 8.07. The van der Waals surface area contributed by atoms with Crippen LogP contribution in [0.5, 0.6) is 0 Å². The van der Waals surface area contributed by atoms with Gasteiger partial charge in [0, 0.05) is 33.2 Å². The normalized spacial score (nSPS) is 27.0. The van der Waals surface area contributed by atoms with Gasteiger partial charge in [-0.2, -0.15) is 0 Å². The summed E-state index contributed by atoms with van der Waals surface area (Å²) in [6.07, 6.45) is 7.23. The van der Waals surface area contributed by atoms with E-state index in [1.54, 1.807) is 12.0 Å². The molecule has 1 aliphatic heterocycles. The Hall–Kier alpha value is -1.10. The monoisotopic (exact) mass is 297 g/mol. The summed E-state index contributed by atoms with van der Waals surface area (Å²) >= 11 is 0. The molecule has 0 aromatic heterocycles. The zero-order valence-electron chi connectivity index (χ0n) is 13.0. The first kappa shape index (κ1) is 16.3. The molecule has 2 fully saturated rings. The second kappa shape index (κ2) is 7.25. The highest BCUT2D eigenvalue weighted by Gasteiger charge is 2.43. The second-order valence-corrected chi connectivity index (χ2v) is 6.60. The van der Waals surface area contributed by atoms with Crippen LogP contribution in [0, 0.1) is 11.3 Å². The minimum absolute atomic E-state index is 0.143. The van der Waals surface area contributed by atoms with Gasteiger partial charge < -0.3 is 14.7 Å². The average molecular weight is 297 g/mol. The molecule has 0 unspecified atom stereocenters. The quantitative estimate of drug-likeness (QED) is 0.817. The number of piperidine rings is 1. The van der Waals surface area contributed by atoms with Crippen molar-refractivity contribution in [1.82, 2.24) is 4.90 Å². The van der Waals surface area contributed by atoms with E-state index in [-0.39, 0.29) is 5.91 Å². The maximum absolute atomic E-state index is 12.4. The molecule has 1 atom stereocenters. The van der Waals surface area contributed by atoms with E-state index in [1.165, 1.54) is 12.8 Å². The van der Waals surface area contributed by atoms with Crippen LogP contribution in [0.3, 0.4) is 0 Å². The summed E-state index contributed by atoms with van der Waals surface area (Å²) in [5.41, 5.74) is -0.820. The van der Waals surface area contributed by atoms with Crippen molar-refractivity contribution in [2.24, 2.45) is 11.3 Å². The topological polar surface area (TPSA) is 66.8 Å². The van der Waals surface area contributed by atoms with Gasteiger partial charge in [0.1, 0.15) is 0 Å². The standard InChI is InChI=1S/C16H27NO4/c1-21-10-8-16(15(19)20)7-4-9-17(12-16)14(18)11-13-5-2-3-6-13/h13H,2-12H2,1H3,(H,19,20)/t16-/m0/s1. The van der Waals surface area contributed by atoms with Crippen LogP contribution in [-0.2, 0) is 14.3 Å². The maximum Gasteiger partial charge on any atom is 0.311 e. The zero-order valence-corrected chi connectivity index (χ0v) is 13.0. The fourth-order valence-electron chi connectivity index (χ4n) is 3.72. The molecular formula is C16H27NO4. The van der Waals surface area contributed by atoms with Gasteiger partial charge >= 0.3 is 5.97 Å². The third-order valence-corrected chi connectivity index (χ3v) is 5.11. The number of nitrogens with zero attached hydrogens (tertiary/aromatic N) is 1. The molecule has 120 valence electrons. The smallest absolute Gasteiger partial charge is 0.311 e. The molecular weight excluding hydrogens is 270 g/mol. The SMILES string of the molecule is COCC[C@@]1(C(=O)O)CCCN(C(=O)CC2CCCC2)C1. The Morgan fingerprint density at radius 1 is 1.29 bits per heavy atom. The van der Waals surface area contributed by atoms with Gasteiger partial charge in [-0.15, -0.1) is 0 Å². The van der Waals surface area contributed by atoms with Gasteiger partial charge in [-0.05, 0) is 38.0 Å². The Morgan fingerprint density at radius 2 is 2.00 bits per heavy atom. The van der Waals surface area contributed by atoms with Crippen molar-refractivity contribution in [2.45, 2.75) is 51.4 Å². The van der Waals surface area contributed by atoms with Crippen LogP contribution in [-0.4, -0.2) is 48.7 Å². The molecule has 0 bridgehead atoms. The van der Waals surface area contributed by atoms with Crippen LogP contribution < -0.4 is 0 Å². The van der Waals surface area contributed by atoms with Crippen LogP contribution in [0.1, 0.15) is 51.4 Å². The third kappa shape index (κ3) is 3.96. The molecule has 1 amide bonds. The van der Waals surface area contributed by atoms with Crippen LogP contribution in [0.15, 0.2) is 0 Å². The molecule has 1 saturated heterocycles. The number of hydrogen-bond donors (Lipinski definition) is 1. The minimum Gasteiger partial charge on any atom is -0.481 e. The second-order valence-electron chi connectivity index (χ2n) is 6.60. The summed E-state index contributed by atoms with van der Waals surface area (Å²) in [6.45, 7) is 1.47. The summed E-state index contributed by atoms with van der Waals surface area (Å²) in [5.74, 6) is -0.139. The summed E-state index contributed by atoms with van der Waals surface area (Å²) in [7, 11) is 1.58. The minimum atomic E-state index is -0.820. The van der Waals surface area contributed by atoms with Crippen molar-refractivity contribution in [3.05, 3.63) is 0 Å². The van der Waals surface area contributed by atoms with Crippen molar-refractivity contribution in [1.29, 1.82) is 0 Å². The molecule has 5 heteroatoms. The Bertz CT molecular complexity index is 378. The van der Waals surface area contributed by atoms with Crippen LogP contribution in [0.25, 0.3) is 0 Å². The molecule has 1 aliphatic carbocycles. The lowest BCUT2D eigenvalue weighted by Crippen LogP contribution is -2.50. The van der Waals surface area contributed by atoms with Crippen LogP contribution >= 0.6 is 0 Å². The van der Waals surface area contributed by atoms with E-state index in [9.17, 15) is 14.7 Å². The first-order chi connectivity index (χ1) is 10.1. The van der Waals surface area contributed by atoms with Gasteiger partial charge in [-0.1, -0.05) is 12.8 Å². The van der Waals surface area contributed by atoms with Gasteiger partial charge in [0.15, 0.2) is 0 Å². The average Bonchev–Trinajstić information content (AvgIpc) is 2.98. The van der Waals surface area contributed by atoms with Gasteiger partial charge in [-0.25, -0.2) is 0 Å². The third-order valence-electron chi connectivity index (χ3n) is 5.11. The van der Waals surface area contributed by atoms with Crippen molar-refractivity contribution >= 4 is 11.9 Å². The number of ether oxygens (including phenoxy) is 1. The fraction of sp³-hybridized carbons (Fsp3) is 0.875. The highest BCUT2D eigenvalue weighted by molar-refractivity contribution is 5.80. The Kier molecular flexibility index (Phi) is 5.62. The van der Waals surface area contributed by atoms with Gasteiger partial charge in [-0.3, -0.25) is 9.59 Å². The van der Waals surface area contributed by atoms with Gasteiger partial charge in [0.2, 0.25) is 5.91 Å². The number of aliphatic carboxylic acids is 1. The molecule has 2 rings (SSSR count). The van der Waals surface area contributed by atoms with Crippen molar-refractivity contribution < 1.29 is 19.4 Å². The molecule has 0 aromatic carbocycles. The summed E-state index contributed by atoms with van der Waals surface area (Å²) in [4.78, 5) is 25.9. The highest BCUT2D eigenvalue weighted by Crippen LogP contribution is 2.35. The predicted molar refractivity (Wildman–Crippen MR) is 79.0 cm³/mol. The molecule has 0 spiro atoms. The maximum atomic E-state index is 12.4. The lowest BCUT2D eigenvalue weighted by atomic mass is 9.77. The lowest BCUT2D eigenvalue weighted by molar-refractivity contribution is -0.156. The Balaban J connectivity index is 1.96. The van der Waals surface area contributed by atoms with Crippen molar-refractivity contribution in [3.63, 3.8) is 0 Å². The van der Waals surface area contributed by atoms with Crippen LogP contribution in [0.4, 0.5) is 0 Å². The summed E-state index contributed by atoms with van der Waals surface area (Å²) < 4.78 is 5.06. The lowest BCUT2D eigenvalue weighted by Gasteiger charge is -2.40. The molecule has 1 N–H and O–H groups in total. The fourth-order valence-corrected chi connectivity index (χ4v) is 3.72. The first-order valence-electron chi connectivity index (χ1n) is 8.07. The Labute approximate surface area is 126 Å². The van der Waals surface area contributed by atoms with E-state index in [0.717, 1.165) is 19.3 Å². The molecule has 1 saturated carbocycles. The van der Waals surface area contributed by atoms with E-state index in [0.29, 0.717) is 44.9 Å². The van der Waals surface area contributed by atoms with E-state index >= 15 is 0 Å². The van der Waals surface area contributed by atoms with Gasteiger partial charge in [0.05, 0.1) is 5.41 Å². The zero-order chi connectivity index (χ0) is 15.3. The number of likely N-dealkylation sites (tertiary alicyclic amines) is 1. The van der Waals surface area contributed by atoms with E-state index in [2.05, 4.69) is 0 Å². The molecule has 0 radical (unpaired) electrons. The molecule has 2 aliphatic rings. The number of rotatable bonds is 6. The summed E-state index contributed by atoms with van der Waals surface area (Å²) in [5, 5.41) is 9.61. The van der Waals surface area contributed by atoms with E-state index < -0.39 is 11.4 Å². The number of methoxy groups -OCH3 is 1. The molecule has 1 heterocycles. The van der Waals surface area contributed by atoms with E-state index in [4.69, 9.17) is 4.74 Å². The molecule has 21 heavy (non-hydrogen) atoms. The predicted octanol–water partition coefficient (Wildman–Crippen LogP) is 2.30. The largest absolute Gasteiger partial charge is 0.481 e.